The van der Waals surface area contributed by atoms with Crippen LogP contribution in [0.15, 0.2) is 42.6 Å². The molecule has 1 N–H and O–H groups in total. The smallest absolute Gasteiger partial charge is 0.143 e. The Morgan fingerprint density at radius 2 is 2.16 bits per heavy atom. The summed E-state index contributed by atoms with van der Waals surface area (Å²) in [6, 6.07) is 12.7. The second-order valence-electron chi connectivity index (χ2n) is 4.99. The number of H-pyrrole nitrogens is 1. The molecule has 0 radical (unpaired) electrons. The Kier molecular flexibility index (Phi) is 2.15. The second kappa shape index (κ2) is 3.85. The zero-order chi connectivity index (χ0) is 12.8. The lowest BCUT2D eigenvalue weighted by Gasteiger charge is -1.98. The van der Waals surface area contributed by atoms with Crippen LogP contribution < -0.4 is 0 Å². The van der Waals surface area contributed by atoms with Gasteiger partial charge >= 0.3 is 0 Å². The Bertz CT molecular complexity index is 883. The Hall–Kier alpha value is -2.29. The van der Waals surface area contributed by atoms with E-state index in [9.17, 15) is 0 Å². The molecule has 0 bridgehead atoms. The summed E-state index contributed by atoms with van der Waals surface area (Å²) in [7, 11) is 0. The third kappa shape index (κ3) is 1.48. The van der Waals surface area contributed by atoms with Gasteiger partial charge in [-0.15, -0.1) is 0 Å². The van der Waals surface area contributed by atoms with Crippen molar-refractivity contribution in [2.24, 2.45) is 0 Å². The Balaban J connectivity index is 2.07. The van der Waals surface area contributed by atoms with Gasteiger partial charge in [-0.2, -0.15) is 0 Å². The predicted molar refractivity (Wildman–Crippen MR) is 78.5 cm³/mol. The monoisotopic (exact) mass is 249 g/mol. The number of imidazole rings is 1. The molecular weight excluding hydrogens is 234 g/mol. The Labute approximate surface area is 110 Å². The van der Waals surface area contributed by atoms with E-state index < -0.39 is 0 Å². The van der Waals surface area contributed by atoms with Crippen molar-refractivity contribution < 1.29 is 0 Å². The van der Waals surface area contributed by atoms with E-state index in [1.165, 1.54) is 22.9 Å². The van der Waals surface area contributed by atoms with E-state index >= 15 is 0 Å². The Morgan fingerprint density at radius 3 is 3.05 bits per heavy atom. The fourth-order valence-corrected chi connectivity index (χ4v) is 2.78. The zero-order valence-electron chi connectivity index (χ0n) is 10.9. The molecule has 4 rings (SSSR count). The van der Waals surface area contributed by atoms with Crippen molar-refractivity contribution in [3.8, 4) is 0 Å². The zero-order valence-corrected chi connectivity index (χ0v) is 10.9. The number of aryl methyl sites for hydroxylation is 1. The predicted octanol–water partition coefficient (Wildman–Crippen LogP) is 3.92. The lowest BCUT2D eigenvalue weighted by atomic mass is 10.1. The highest BCUT2D eigenvalue weighted by Gasteiger charge is 2.10. The summed E-state index contributed by atoms with van der Waals surface area (Å²) in [4.78, 5) is 8.21. The standard InChI is InChI=1S/C16H15N3/c1-2-5-11-7-8-12-13(10-11)17-16-15(12)18-14-6-3-4-9-19(14)16/h3-4,6-10,17H,2,5H2,1H3. The van der Waals surface area contributed by atoms with Crippen LogP contribution in [0.2, 0.25) is 0 Å². The molecule has 0 fully saturated rings. The number of aromatic nitrogens is 3. The number of benzene rings is 1. The first-order valence-electron chi connectivity index (χ1n) is 6.74. The second-order valence-corrected chi connectivity index (χ2v) is 4.99. The highest BCUT2D eigenvalue weighted by Crippen LogP contribution is 2.26. The van der Waals surface area contributed by atoms with E-state index in [0.717, 1.165) is 23.2 Å². The number of pyridine rings is 1. The fraction of sp³-hybridized carbons (Fsp3) is 0.188. The van der Waals surface area contributed by atoms with Crippen LogP contribution in [0, 0.1) is 0 Å². The maximum atomic E-state index is 4.71. The molecule has 3 heterocycles. The summed E-state index contributed by atoms with van der Waals surface area (Å²) < 4.78 is 2.11. The molecule has 0 aliphatic heterocycles. The summed E-state index contributed by atoms with van der Waals surface area (Å²) in [5, 5.41) is 1.21. The SMILES string of the molecule is CCCc1ccc2c(c1)[nH]c1c2nc2ccccn21. The number of rotatable bonds is 2. The summed E-state index contributed by atoms with van der Waals surface area (Å²) in [5.74, 6) is 0. The van der Waals surface area contributed by atoms with E-state index in [4.69, 9.17) is 4.98 Å². The lowest BCUT2D eigenvalue weighted by Crippen LogP contribution is -1.84. The van der Waals surface area contributed by atoms with Gasteiger partial charge in [0.1, 0.15) is 16.8 Å². The van der Waals surface area contributed by atoms with Gasteiger partial charge in [-0.1, -0.05) is 31.5 Å². The van der Waals surface area contributed by atoms with Crippen LogP contribution in [0.25, 0.3) is 27.7 Å². The number of fused-ring (bicyclic) bond motifs is 5. The van der Waals surface area contributed by atoms with Crippen molar-refractivity contribution >= 4 is 27.7 Å². The van der Waals surface area contributed by atoms with Crippen molar-refractivity contribution in [1.82, 2.24) is 14.4 Å². The molecule has 0 unspecified atom stereocenters. The van der Waals surface area contributed by atoms with Gasteiger partial charge in [0.2, 0.25) is 0 Å². The summed E-state index contributed by atoms with van der Waals surface area (Å²) in [6.07, 6.45) is 4.35. The minimum absolute atomic E-state index is 0.989. The van der Waals surface area contributed by atoms with Gasteiger partial charge in [0.15, 0.2) is 0 Å². The third-order valence-electron chi connectivity index (χ3n) is 3.66. The minimum Gasteiger partial charge on any atom is -0.339 e. The van der Waals surface area contributed by atoms with Gasteiger partial charge in [0, 0.05) is 17.1 Å². The highest BCUT2D eigenvalue weighted by atomic mass is 15.1. The van der Waals surface area contributed by atoms with Crippen molar-refractivity contribution in [3.05, 3.63) is 48.2 Å². The average Bonchev–Trinajstić information content (AvgIpc) is 2.94. The maximum absolute atomic E-state index is 4.71. The molecule has 19 heavy (non-hydrogen) atoms. The first-order chi connectivity index (χ1) is 9.36. The molecule has 3 heteroatoms. The van der Waals surface area contributed by atoms with Crippen LogP contribution in [0.5, 0.6) is 0 Å². The van der Waals surface area contributed by atoms with Crippen molar-refractivity contribution in [1.29, 1.82) is 0 Å². The molecule has 3 nitrogen and oxygen atoms in total. The van der Waals surface area contributed by atoms with E-state index in [0.29, 0.717) is 0 Å². The highest BCUT2D eigenvalue weighted by molar-refractivity contribution is 6.05. The largest absolute Gasteiger partial charge is 0.339 e. The van der Waals surface area contributed by atoms with Crippen LogP contribution in [-0.2, 0) is 6.42 Å². The minimum atomic E-state index is 0.989. The van der Waals surface area contributed by atoms with Gasteiger partial charge in [-0.3, -0.25) is 4.40 Å². The van der Waals surface area contributed by atoms with E-state index in [2.05, 4.69) is 34.5 Å². The van der Waals surface area contributed by atoms with Crippen LogP contribution in [-0.4, -0.2) is 14.4 Å². The molecule has 0 atom stereocenters. The number of hydrogen-bond acceptors (Lipinski definition) is 1. The van der Waals surface area contributed by atoms with Crippen LogP contribution >= 0.6 is 0 Å². The fourth-order valence-electron chi connectivity index (χ4n) is 2.78. The molecule has 94 valence electrons. The molecule has 0 saturated heterocycles. The quantitative estimate of drug-likeness (QED) is 0.574. The first-order valence-corrected chi connectivity index (χ1v) is 6.74. The Morgan fingerprint density at radius 1 is 1.21 bits per heavy atom. The first kappa shape index (κ1) is 10.6. The van der Waals surface area contributed by atoms with Gasteiger partial charge in [0.25, 0.3) is 0 Å². The summed E-state index contributed by atoms with van der Waals surface area (Å²) in [6.45, 7) is 2.21. The van der Waals surface area contributed by atoms with Crippen LogP contribution in [0.4, 0.5) is 0 Å². The number of hydrogen-bond donors (Lipinski definition) is 1. The molecule has 0 saturated carbocycles. The molecular formula is C16H15N3. The summed E-state index contributed by atoms with van der Waals surface area (Å²) >= 11 is 0. The number of aromatic amines is 1. The molecule has 0 aliphatic carbocycles. The molecule has 0 aliphatic rings. The van der Waals surface area contributed by atoms with Gasteiger partial charge < -0.3 is 4.98 Å². The normalized spacial score (nSPS) is 11.8. The average molecular weight is 249 g/mol. The van der Waals surface area contributed by atoms with E-state index in [1.54, 1.807) is 0 Å². The van der Waals surface area contributed by atoms with E-state index in [1.807, 2.05) is 24.4 Å². The molecule has 3 aromatic heterocycles. The summed E-state index contributed by atoms with van der Waals surface area (Å²) in [5.41, 5.74) is 5.70. The lowest BCUT2D eigenvalue weighted by molar-refractivity contribution is 0.923. The molecule has 1 aromatic carbocycles. The van der Waals surface area contributed by atoms with Gasteiger partial charge in [0.05, 0.1) is 0 Å². The van der Waals surface area contributed by atoms with Gasteiger partial charge in [-0.05, 0) is 30.2 Å². The van der Waals surface area contributed by atoms with Crippen LogP contribution in [0.1, 0.15) is 18.9 Å². The number of nitrogens with zero attached hydrogens (tertiary/aromatic N) is 2. The van der Waals surface area contributed by atoms with E-state index in [-0.39, 0.29) is 0 Å². The molecule has 4 aromatic rings. The number of nitrogens with one attached hydrogen (secondary N) is 1. The van der Waals surface area contributed by atoms with Gasteiger partial charge in [-0.25, -0.2) is 4.98 Å². The van der Waals surface area contributed by atoms with Crippen molar-refractivity contribution in [2.75, 3.05) is 0 Å². The maximum Gasteiger partial charge on any atom is 0.143 e. The molecule has 0 amide bonds. The third-order valence-corrected chi connectivity index (χ3v) is 3.66. The molecule has 0 spiro atoms. The topological polar surface area (TPSA) is 33.1 Å². The van der Waals surface area contributed by atoms with Crippen molar-refractivity contribution in [2.45, 2.75) is 19.8 Å². The van der Waals surface area contributed by atoms with Crippen LogP contribution in [0.3, 0.4) is 0 Å². The van der Waals surface area contributed by atoms with Crippen molar-refractivity contribution in [3.63, 3.8) is 0 Å².